The molecule has 0 bridgehead atoms. The minimum absolute atomic E-state index is 0.0433. The zero-order chi connectivity index (χ0) is 25.0. The summed E-state index contributed by atoms with van der Waals surface area (Å²) in [4.78, 5) is 25.0. The highest BCUT2D eigenvalue weighted by atomic mass is 32.2. The highest BCUT2D eigenvalue weighted by molar-refractivity contribution is 7.92. The molecule has 4 rings (SSSR count). The number of carbonyl (C=O) groups excluding carboxylic acids is 2. The third kappa shape index (κ3) is 5.54. The lowest BCUT2D eigenvalue weighted by Gasteiger charge is -2.26. The number of nitrogens with one attached hydrogen (secondary N) is 1. The molecule has 3 aromatic carbocycles. The lowest BCUT2D eigenvalue weighted by atomic mass is 9.88. The zero-order valence-corrected chi connectivity index (χ0v) is 20.5. The lowest BCUT2D eigenvalue weighted by Crippen LogP contribution is -2.34. The minimum Gasteiger partial charge on any atom is -0.452 e. The van der Waals surface area contributed by atoms with Crippen molar-refractivity contribution in [3.05, 3.63) is 95.1 Å². The third-order valence-corrected chi connectivity index (χ3v) is 7.95. The Hall–Kier alpha value is -3.65. The topological polar surface area (TPSA) is 92.8 Å². The van der Waals surface area contributed by atoms with Crippen LogP contribution >= 0.6 is 0 Å². The second-order valence-electron chi connectivity index (χ2n) is 8.62. The predicted molar refractivity (Wildman–Crippen MR) is 134 cm³/mol. The van der Waals surface area contributed by atoms with Gasteiger partial charge in [-0.1, -0.05) is 48.0 Å². The van der Waals surface area contributed by atoms with Gasteiger partial charge in [-0.05, 0) is 67.6 Å². The van der Waals surface area contributed by atoms with Crippen molar-refractivity contribution >= 4 is 27.6 Å². The first kappa shape index (κ1) is 24.5. The normalized spacial score (nSPS) is 15.1. The van der Waals surface area contributed by atoms with Crippen LogP contribution in [0, 0.1) is 6.92 Å². The molecule has 1 amide bonds. The second-order valence-corrected chi connectivity index (χ2v) is 10.6. The molecule has 0 aromatic heterocycles. The first-order valence-electron chi connectivity index (χ1n) is 11.5. The zero-order valence-electron chi connectivity index (χ0n) is 19.7. The van der Waals surface area contributed by atoms with Gasteiger partial charge in [0.05, 0.1) is 22.2 Å². The van der Waals surface area contributed by atoms with Crippen molar-refractivity contribution in [2.45, 2.75) is 37.1 Å². The molecule has 8 heteroatoms. The molecule has 7 nitrogen and oxygen atoms in total. The van der Waals surface area contributed by atoms with Gasteiger partial charge in [0.2, 0.25) is 0 Å². The van der Waals surface area contributed by atoms with Gasteiger partial charge in [-0.15, -0.1) is 0 Å². The predicted octanol–water partition coefficient (Wildman–Crippen LogP) is 4.17. The number of ether oxygens (including phenoxy) is 1. The van der Waals surface area contributed by atoms with Crippen molar-refractivity contribution < 1.29 is 22.7 Å². The first-order chi connectivity index (χ1) is 16.8. The number of aryl methyl sites for hydroxylation is 2. The fourth-order valence-electron chi connectivity index (χ4n) is 4.19. The quantitative estimate of drug-likeness (QED) is 0.500. The van der Waals surface area contributed by atoms with Gasteiger partial charge >= 0.3 is 5.97 Å². The summed E-state index contributed by atoms with van der Waals surface area (Å²) < 4.78 is 32.5. The van der Waals surface area contributed by atoms with Crippen molar-refractivity contribution in [2.24, 2.45) is 0 Å². The summed E-state index contributed by atoms with van der Waals surface area (Å²) in [5, 5.41) is 2.94. The van der Waals surface area contributed by atoms with E-state index in [4.69, 9.17) is 4.74 Å². The van der Waals surface area contributed by atoms with Gasteiger partial charge in [-0.25, -0.2) is 13.2 Å². The Labute approximate surface area is 205 Å². The summed E-state index contributed by atoms with van der Waals surface area (Å²) in [7, 11) is -2.44. The summed E-state index contributed by atoms with van der Waals surface area (Å²) in [6.45, 7) is 1.47. The van der Waals surface area contributed by atoms with Crippen LogP contribution in [0.2, 0.25) is 0 Å². The molecule has 0 saturated carbocycles. The number of amides is 1. The van der Waals surface area contributed by atoms with E-state index in [1.54, 1.807) is 12.1 Å². The van der Waals surface area contributed by atoms with Crippen LogP contribution in [0.4, 0.5) is 5.69 Å². The molecular formula is C27H28N2O5S. The minimum atomic E-state index is -3.89. The summed E-state index contributed by atoms with van der Waals surface area (Å²) in [6, 6.07) is 20.6. The molecule has 0 fully saturated rings. The van der Waals surface area contributed by atoms with Gasteiger partial charge in [0.25, 0.3) is 15.9 Å². The standard InChI is InChI=1S/C27H28N2O5S/c1-19-13-15-22(16-14-19)29(2)35(32,33)23-10-5-9-21(17-23)27(31)34-18-26(30)28-25-12-6-8-20-7-3-4-11-24(20)25/h3-5,7,9-11,13-17,25H,6,8,12,18H2,1-2H3,(H,28,30)/t25-/m0/s1. The average molecular weight is 493 g/mol. The van der Waals surface area contributed by atoms with Gasteiger partial charge in [-0.3, -0.25) is 9.10 Å². The molecule has 3 aromatic rings. The summed E-state index contributed by atoms with van der Waals surface area (Å²) in [6.07, 6.45) is 2.78. The Morgan fingerprint density at radius 2 is 1.77 bits per heavy atom. The van der Waals surface area contributed by atoms with Crippen LogP contribution in [0.15, 0.2) is 77.7 Å². The number of benzene rings is 3. The molecule has 0 saturated heterocycles. The Kier molecular flexibility index (Phi) is 7.21. The van der Waals surface area contributed by atoms with E-state index in [0.717, 1.165) is 34.7 Å². The smallest absolute Gasteiger partial charge is 0.338 e. The van der Waals surface area contributed by atoms with Crippen LogP contribution < -0.4 is 9.62 Å². The van der Waals surface area contributed by atoms with Crippen LogP contribution in [-0.4, -0.2) is 33.9 Å². The molecule has 1 atom stereocenters. The number of hydrogen-bond acceptors (Lipinski definition) is 5. The van der Waals surface area contributed by atoms with Gasteiger partial charge in [0, 0.05) is 7.05 Å². The number of anilines is 1. The highest BCUT2D eigenvalue weighted by Gasteiger charge is 2.24. The molecule has 1 N–H and O–H groups in total. The molecular weight excluding hydrogens is 464 g/mol. The monoisotopic (exact) mass is 492 g/mol. The maximum atomic E-state index is 13.1. The molecule has 35 heavy (non-hydrogen) atoms. The van der Waals surface area contributed by atoms with E-state index in [2.05, 4.69) is 11.4 Å². The van der Waals surface area contributed by atoms with Crippen LogP contribution in [0.25, 0.3) is 0 Å². The van der Waals surface area contributed by atoms with E-state index in [1.165, 1.54) is 36.9 Å². The number of nitrogens with zero attached hydrogens (tertiary/aromatic N) is 1. The SMILES string of the molecule is Cc1ccc(N(C)S(=O)(=O)c2cccc(C(=O)OCC(=O)N[C@H]3CCCc4ccccc43)c2)cc1. The Morgan fingerprint density at radius 1 is 1.03 bits per heavy atom. The van der Waals surface area contributed by atoms with Crippen LogP contribution in [0.1, 0.15) is 45.9 Å². The molecule has 1 aliphatic rings. The van der Waals surface area contributed by atoms with Crippen molar-refractivity contribution in [1.29, 1.82) is 0 Å². The van der Waals surface area contributed by atoms with Crippen molar-refractivity contribution in [3.63, 3.8) is 0 Å². The van der Waals surface area contributed by atoms with E-state index in [0.29, 0.717) is 5.69 Å². The Morgan fingerprint density at radius 3 is 2.54 bits per heavy atom. The Bertz CT molecular complexity index is 1340. The van der Waals surface area contributed by atoms with E-state index in [9.17, 15) is 18.0 Å². The highest BCUT2D eigenvalue weighted by Crippen LogP contribution is 2.29. The van der Waals surface area contributed by atoms with Gasteiger partial charge in [0.1, 0.15) is 0 Å². The molecule has 0 heterocycles. The van der Waals surface area contributed by atoms with Crippen molar-refractivity contribution in [2.75, 3.05) is 18.0 Å². The van der Waals surface area contributed by atoms with Crippen LogP contribution in [0.3, 0.4) is 0 Å². The number of esters is 1. The second kappa shape index (κ2) is 10.3. The Balaban J connectivity index is 1.40. The van der Waals surface area contributed by atoms with Crippen molar-refractivity contribution in [1.82, 2.24) is 5.32 Å². The average Bonchev–Trinajstić information content (AvgIpc) is 2.87. The fourth-order valence-corrected chi connectivity index (χ4v) is 5.43. The largest absolute Gasteiger partial charge is 0.452 e. The molecule has 1 aliphatic carbocycles. The van der Waals surface area contributed by atoms with Crippen LogP contribution in [-0.2, 0) is 26.0 Å². The maximum Gasteiger partial charge on any atom is 0.338 e. The number of carbonyl (C=O) groups is 2. The summed E-state index contributed by atoms with van der Waals surface area (Å²) in [5.41, 5.74) is 3.88. The maximum absolute atomic E-state index is 13.1. The molecule has 0 aliphatic heterocycles. The first-order valence-corrected chi connectivity index (χ1v) is 12.9. The molecule has 0 radical (unpaired) electrons. The van der Waals surface area contributed by atoms with E-state index in [1.807, 2.05) is 37.3 Å². The van der Waals surface area contributed by atoms with Gasteiger partial charge in [-0.2, -0.15) is 0 Å². The van der Waals surface area contributed by atoms with Crippen molar-refractivity contribution in [3.8, 4) is 0 Å². The number of rotatable bonds is 7. The number of hydrogen-bond donors (Lipinski definition) is 1. The fraction of sp³-hybridized carbons (Fsp3) is 0.259. The van der Waals surface area contributed by atoms with Gasteiger partial charge < -0.3 is 10.1 Å². The molecule has 0 unspecified atom stereocenters. The van der Waals surface area contributed by atoms with E-state index < -0.39 is 28.5 Å². The summed E-state index contributed by atoms with van der Waals surface area (Å²) in [5.74, 6) is -1.16. The van der Waals surface area contributed by atoms with E-state index in [-0.39, 0.29) is 16.5 Å². The number of sulfonamides is 1. The summed E-state index contributed by atoms with van der Waals surface area (Å²) >= 11 is 0. The van der Waals surface area contributed by atoms with Crippen LogP contribution in [0.5, 0.6) is 0 Å². The van der Waals surface area contributed by atoms with E-state index >= 15 is 0 Å². The lowest BCUT2D eigenvalue weighted by molar-refractivity contribution is -0.125. The third-order valence-electron chi connectivity index (χ3n) is 6.16. The molecule has 0 spiro atoms. The molecule has 182 valence electrons. The number of fused-ring (bicyclic) bond motifs is 1. The van der Waals surface area contributed by atoms with Gasteiger partial charge in [0.15, 0.2) is 6.61 Å².